The lowest BCUT2D eigenvalue weighted by Crippen LogP contribution is -2.27. The summed E-state index contributed by atoms with van der Waals surface area (Å²) in [4.78, 5) is 54.3. The van der Waals surface area contributed by atoms with Crippen LogP contribution in [0.5, 0.6) is 0 Å². The Kier molecular flexibility index (Phi) is 11.1. The predicted octanol–water partition coefficient (Wildman–Crippen LogP) is 8.26. The van der Waals surface area contributed by atoms with Crippen molar-refractivity contribution in [2.75, 3.05) is 23.8 Å². The van der Waals surface area contributed by atoms with E-state index in [0.29, 0.717) is 21.1 Å². The van der Waals surface area contributed by atoms with Gasteiger partial charge in [0.2, 0.25) is 0 Å². The van der Waals surface area contributed by atoms with E-state index in [1.165, 1.54) is 22.7 Å². The van der Waals surface area contributed by atoms with E-state index in [0.717, 1.165) is 20.9 Å². The van der Waals surface area contributed by atoms with Gasteiger partial charge in [-0.3, -0.25) is 9.59 Å². The number of rotatable bonds is 10. The molecule has 0 aliphatic heterocycles. The van der Waals surface area contributed by atoms with Gasteiger partial charge in [-0.1, -0.05) is 60.7 Å². The van der Waals surface area contributed by atoms with E-state index in [1.807, 2.05) is 74.5 Å². The molecule has 11 heteroatoms. The van der Waals surface area contributed by atoms with Crippen LogP contribution < -0.4 is 10.6 Å². The summed E-state index contributed by atoms with van der Waals surface area (Å²) in [6.07, 6.45) is 0. The molecule has 4 aromatic rings. The maximum absolute atomic E-state index is 13.3. The van der Waals surface area contributed by atoms with E-state index in [4.69, 9.17) is 14.2 Å². The van der Waals surface area contributed by atoms with Crippen LogP contribution in [0.15, 0.2) is 60.7 Å². The van der Waals surface area contributed by atoms with Gasteiger partial charge in [-0.05, 0) is 66.5 Å². The molecule has 2 amide bonds. The van der Waals surface area contributed by atoms with Gasteiger partial charge < -0.3 is 24.8 Å². The van der Waals surface area contributed by atoms with Crippen LogP contribution in [0.3, 0.4) is 0 Å². The number of thiophene rings is 2. The molecule has 0 aliphatic rings. The highest BCUT2D eigenvalue weighted by Gasteiger charge is 2.30. The second-order valence-corrected chi connectivity index (χ2v) is 15.2. The highest BCUT2D eigenvalue weighted by molar-refractivity contribution is 7.17. The number of benzene rings is 2. The zero-order valence-corrected chi connectivity index (χ0v) is 29.5. The van der Waals surface area contributed by atoms with Crippen LogP contribution >= 0.6 is 22.7 Å². The SMILES string of the molecule is Cc1sc(NC(=O)COCC(=O)Nc2sc(C)c(-c3ccccc3)c2C(=O)OC(C)(C)C)c(C(=O)OC(C)(C)C)c1-c1ccccc1. The standard InChI is InChI=1S/C36H40N2O7S2/c1-21-27(23-15-11-9-12-16-23)29(33(41)44-35(3,4)5)31(46-21)37-25(39)19-43-20-26(40)38-32-30(34(42)45-36(6,7)8)28(22(2)47-32)24-17-13-10-14-18-24/h9-18H,19-20H2,1-8H3,(H,37,39)(H,38,40). The Bertz CT molecular complexity index is 1630. The van der Waals surface area contributed by atoms with Crippen molar-refractivity contribution in [3.8, 4) is 22.3 Å². The molecular weight excluding hydrogens is 637 g/mol. The molecule has 2 N–H and O–H groups in total. The minimum Gasteiger partial charge on any atom is -0.456 e. The van der Waals surface area contributed by atoms with Gasteiger partial charge in [-0.15, -0.1) is 22.7 Å². The lowest BCUT2D eigenvalue weighted by Gasteiger charge is -2.20. The van der Waals surface area contributed by atoms with Crippen LogP contribution in [0.25, 0.3) is 22.3 Å². The highest BCUT2D eigenvalue weighted by Crippen LogP contribution is 2.42. The summed E-state index contributed by atoms with van der Waals surface area (Å²) < 4.78 is 16.8. The second kappa shape index (κ2) is 14.6. The number of carbonyl (C=O) groups is 4. The third kappa shape index (κ3) is 9.37. The molecule has 0 spiro atoms. The number of carbonyl (C=O) groups excluding carboxylic acids is 4. The van der Waals surface area contributed by atoms with E-state index in [1.54, 1.807) is 41.5 Å². The van der Waals surface area contributed by atoms with Crippen molar-refractivity contribution < 1.29 is 33.4 Å². The summed E-state index contributed by atoms with van der Waals surface area (Å²) in [5, 5.41) is 6.20. The molecule has 0 atom stereocenters. The smallest absolute Gasteiger partial charge is 0.342 e. The molecule has 0 unspecified atom stereocenters. The van der Waals surface area contributed by atoms with Crippen molar-refractivity contribution in [3.05, 3.63) is 81.5 Å². The van der Waals surface area contributed by atoms with Crippen molar-refractivity contribution in [1.29, 1.82) is 0 Å². The fourth-order valence-electron chi connectivity index (χ4n) is 4.78. The first-order chi connectivity index (χ1) is 22.0. The Hall–Kier alpha value is -4.32. The molecule has 0 radical (unpaired) electrons. The Balaban J connectivity index is 1.47. The zero-order valence-electron chi connectivity index (χ0n) is 27.9. The topological polar surface area (TPSA) is 120 Å². The molecule has 4 rings (SSSR count). The summed E-state index contributed by atoms with van der Waals surface area (Å²) in [5.41, 5.74) is 2.04. The van der Waals surface area contributed by atoms with Gasteiger partial charge in [0.25, 0.3) is 11.8 Å². The lowest BCUT2D eigenvalue weighted by atomic mass is 10.0. The van der Waals surface area contributed by atoms with Crippen molar-refractivity contribution in [2.24, 2.45) is 0 Å². The first kappa shape index (κ1) is 35.5. The van der Waals surface area contributed by atoms with Crippen molar-refractivity contribution in [2.45, 2.75) is 66.6 Å². The van der Waals surface area contributed by atoms with Crippen LogP contribution in [0, 0.1) is 13.8 Å². The normalized spacial score (nSPS) is 11.6. The Morgan fingerprint density at radius 2 is 0.936 bits per heavy atom. The minimum absolute atomic E-state index is 0.261. The van der Waals surface area contributed by atoms with Crippen LogP contribution in [-0.4, -0.2) is 48.2 Å². The molecule has 2 aromatic carbocycles. The number of nitrogens with one attached hydrogen (secondary N) is 2. The van der Waals surface area contributed by atoms with Gasteiger partial charge in [0.05, 0.1) is 0 Å². The van der Waals surface area contributed by atoms with E-state index in [-0.39, 0.29) is 11.1 Å². The summed E-state index contributed by atoms with van der Waals surface area (Å²) in [5.74, 6) is -2.20. The van der Waals surface area contributed by atoms with Gasteiger partial charge >= 0.3 is 11.9 Å². The fourth-order valence-corrected chi connectivity index (χ4v) is 6.94. The van der Waals surface area contributed by atoms with Crippen molar-refractivity contribution in [3.63, 3.8) is 0 Å². The largest absolute Gasteiger partial charge is 0.456 e. The minimum atomic E-state index is -0.745. The lowest BCUT2D eigenvalue weighted by molar-refractivity contribution is -0.125. The van der Waals surface area contributed by atoms with Crippen molar-refractivity contribution in [1.82, 2.24) is 0 Å². The Morgan fingerprint density at radius 3 is 1.26 bits per heavy atom. The maximum atomic E-state index is 13.3. The number of anilines is 2. The number of hydrogen-bond acceptors (Lipinski definition) is 9. The summed E-state index contributed by atoms with van der Waals surface area (Å²) in [6.45, 7) is 13.5. The number of aryl methyl sites for hydroxylation is 2. The quantitative estimate of drug-likeness (QED) is 0.162. The molecule has 2 heterocycles. The first-order valence-corrected chi connectivity index (χ1v) is 16.7. The zero-order chi connectivity index (χ0) is 34.5. The molecule has 47 heavy (non-hydrogen) atoms. The third-order valence-corrected chi connectivity index (χ3v) is 8.51. The molecule has 9 nitrogen and oxygen atoms in total. The molecule has 0 fully saturated rings. The van der Waals surface area contributed by atoms with E-state index in [9.17, 15) is 19.2 Å². The predicted molar refractivity (Wildman–Crippen MR) is 187 cm³/mol. The van der Waals surface area contributed by atoms with Gasteiger partial charge in [0.15, 0.2) is 0 Å². The summed E-state index contributed by atoms with van der Waals surface area (Å²) in [6, 6.07) is 18.8. The summed E-state index contributed by atoms with van der Waals surface area (Å²) >= 11 is 2.52. The molecule has 248 valence electrons. The van der Waals surface area contributed by atoms with Gasteiger partial charge in [-0.25, -0.2) is 9.59 Å². The van der Waals surface area contributed by atoms with Crippen molar-refractivity contribution >= 4 is 56.4 Å². The fraction of sp³-hybridized carbons (Fsp3) is 0.333. The monoisotopic (exact) mass is 676 g/mol. The second-order valence-electron chi connectivity index (χ2n) is 12.8. The molecule has 2 aromatic heterocycles. The third-order valence-electron chi connectivity index (χ3n) is 6.47. The molecule has 0 saturated heterocycles. The van der Waals surface area contributed by atoms with E-state index >= 15 is 0 Å². The highest BCUT2D eigenvalue weighted by atomic mass is 32.1. The number of hydrogen-bond donors (Lipinski definition) is 2. The average Bonchev–Trinajstić information content (AvgIpc) is 3.47. The van der Waals surface area contributed by atoms with E-state index < -0.39 is 48.2 Å². The first-order valence-electron chi connectivity index (χ1n) is 15.1. The van der Waals surface area contributed by atoms with Crippen LogP contribution in [0.1, 0.15) is 72.0 Å². The molecule has 0 aliphatic carbocycles. The van der Waals surface area contributed by atoms with Crippen LogP contribution in [0.4, 0.5) is 10.0 Å². The molecule has 0 saturated carbocycles. The Morgan fingerprint density at radius 1 is 0.596 bits per heavy atom. The molecule has 0 bridgehead atoms. The van der Waals surface area contributed by atoms with Gasteiger partial charge in [-0.2, -0.15) is 0 Å². The Labute approximate surface area is 283 Å². The average molecular weight is 677 g/mol. The van der Waals surface area contributed by atoms with Gasteiger partial charge in [0.1, 0.15) is 45.5 Å². The molecular formula is C36H40N2O7S2. The van der Waals surface area contributed by atoms with Crippen LogP contribution in [-0.2, 0) is 23.8 Å². The number of amides is 2. The number of esters is 2. The maximum Gasteiger partial charge on any atom is 0.342 e. The van der Waals surface area contributed by atoms with Crippen LogP contribution in [0.2, 0.25) is 0 Å². The van der Waals surface area contributed by atoms with Gasteiger partial charge in [0, 0.05) is 20.9 Å². The van der Waals surface area contributed by atoms with E-state index in [2.05, 4.69) is 10.6 Å². The summed E-state index contributed by atoms with van der Waals surface area (Å²) in [7, 11) is 0. The number of ether oxygens (including phenoxy) is 3.